The summed E-state index contributed by atoms with van der Waals surface area (Å²) in [4.78, 5) is 25.5. The van der Waals surface area contributed by atoms with E-state index in [1.807, 2.05) is 6.07 Å². The molecule has 0 spiro atoms. The Morgan fingerprint density at radius 2 is 1.76 bits per heavy atom. The van der Waals surface area contributed by atoms with Crippen LogP contribution in [-0.2, 0) is 4.74 Å². The number of pyridine rings is 1. The van der Waals surface area contributed by atoms with Crippen molar-refractivity contribution in [2.75, 3.05) is 14.2 Å². The van der Waals surface area contributed by atoms with Gasteiger partial charge in [-0.15, -0.1) is 0 Å². The van der Waals surface area contributed by atoms with Crippen molar-refractivity contribution in [1.82, 2.24) is 14.3 Å². The fourth-order valence-corrected chi connectivity index (χ4v) is 3.30. The van der Waals surface area contributed by atoms with Crippen LogP contribution >= 0.6 is 11.6 Å². The summed E-state index contributed by atoms with van der Waals surface area (Å²) in [6.07, 6.45) is 3.17. The molecule has 0 saturated heterocycles. The lowest BCUT2D eigenvalue weighted by Crippen LogP contribution is -2.15. The maximum Gasteiger partial charge on any atom is 0.341 e. The molecule has 0 N–H and O–H groups in total. The number of rotatable bonds is 4. The molecule has 0 atom stereocenters. The summed E-state index contributed by atoms with van der Waals surface area (Å²) in [6, 6.07) is 14.0. The summed E-state index contributed by atoms with van der Waals surface area (Å²) in [7, 11) is 2.84. The molecule has 2 aliphatic rings. The Balaban J connectivity index is 1.97. The number of methoxy groups -OCH3 is 2. The van der Waals surface area contributed by atoms with Crippen molar-refractivity contribution in [3.63, 3.8) is 0 Å². The van der Waals surface area contributed by atoms with Crippen LogP contribution in [0.5, 0.6) is 5.75 Å². The summed E-state index contributed by atoms with van der Waals surface area (Å²) in [5, 5.41) is 4.86. The molecular formula is C21H16ClN3O4. The number of nitrogens with zero attached hydrogens (tertiary/aromatic N) is 3. The van der Waals surface area contributed by atoms with Crippen molar-refractivity contribution >= 4 is 17.6 Å². The molecule has 7 nitrogen and oxygen atoms in total. The predicted octanol–water partition coefficient (Wildman–Crippen LogP) is 3.58. The molecule has 8 heteroatoms. The van der Waals surface area contributed by atoms with Crippen LogP contribution in [0.4, 0.5) is 0 Å². The van der Waals surface area contributed by atoms with Crippen LogP contribution in [0.2, 0.25) is 5.02 Å². The number of hydrogen-bond acceptors (Lipinski definition) is 5. The normalized spacial score (nSPS) is 10.9. The Bertz CT molecular complexity index is 1230. The summed E-state index contributed by atoms with van der Waals surface area (Å²) < 4.78 is 12.9. The second-order valence-corrected chi connectivity index (χ2v) is 6.61. The van der Waals surface area contributed by atoms with Crippen LogP contribution in [-0.4, -0.2) is 34.5 Å². The molecule has 0 unspecified atom stereocenters. The van der Waals surface area contributed by atoms with E-state index in [2.05, 4.69) is 5.10 Å². The number of fused-ring (bicyclic) bond motifs is 1. The van der Waals surface area contributed by atoms with Gasteiger partial charge in [-0.05, 0) is 36.4 Å². The number of hydrogen-bond donors (Lipinski definition) is 0. The third kappa shape index (κ3) is 3.25. The molecule has 0 radical (unpaired) electrons. The molecule has 146 valence electrons. The fraction of sp³-hybridized carbons (Fsp3) is 0.0952. The highest BCUT2D eigenvalue weighted by atomic mass is 35.5. The topological polar surface area (TPSA) is 75.3 Å². The van der Waals surface area contributed by atoms with E-state index in [0.717, 1.165) is 0 Å². The molecular weight excluding hydrogens is 394 g/mol. The lowest BCUT2D eigenvalue weighted by Gasteiger charge is -2.12. The standard InChI is InChI=1S/C21H16ClN3O4/c1-28-14-9-7-13(8-10-14)25-20(26)15-11-24(18-6-4-3-5-17(18)22)12-16(19(15)23-25)21(27)29-2/h3-12H,1-2H3. The average Bonchev–Trinajstić information content (AvgIpc) is 3.09. The Labute approximate surface area is 171 Å². The molecule has 2 aromatic carbocycles. The quantitative estimate of drug-likeness (QED) is 0.481. The Kier molecular flexibility index (Phi) is 4.82. The van der Waals surface area contributed by atoms with Crippen LogP contribution in [0, 0.1) is 0 Å². The van der Waals surface area contributed by atoms with Crippen molar-refractivity contribution < 1.29 is 14.3 Å². The summed E-state index contributed by atoms with van der Waals surface area (Å²) in [5.74, 6) is 0.0560. The first-order chi connectivity index (χ1) is 14.0. The van der Waals surface area contributed by atoms with Crippen molar-refractivity contribution in [3.05, 3.63) is 81.9 Å². The van der Waals surface area contributed by atoms with Gasteiger partial charge in [0.15, 0.2) is 0 Å². The van der Waals surface area contributed by atoms with Crippen LogP contribution in [0.15, 0.2) is 65.7 Å². The lowest BCUT2D eigenvalue weighted by atomic mass is 10.1. The van der Waals surface area contributed by atoms with E-state index in [1.165, 1.54) is 11.8 Å². The van der Waals surface area contributed by atoms with E-state index >= 15 is 0 Å². The minimum Gasteiger partial charge on any atom is -0.497 e. The van der Waals surface area contributed by atoms with Crippen molar-refractivity contribution in [2.45, 2.75) is 0 Å². The Hall–Kier alpha value is -3.58. The van der Waals surface area contributed by atoms with Gasteiger partial charge in [-0.25, -0.2) is 4.79 Å². The number of esters is 1. The first-order valence-corrected chi connectivity index (χ1v) is 9.04. The number of benzene rings is 2. The molecule has 4 rings (SSSR count). The maximum absolute atomic E-state index is 13.1. The van der Waals surface area contributed by atoms with Gasteiger partial charge in [-0.1, -0.05) is 23.7 Å². The Morgan fingerprint density at radius 3 is 2.41 bits per heavy atom. The molecule has 0 amide bonds. The number of aromatic nitrogens is 3. The zero-order valence-electron chi connectivity index (χ0n) is 15.6. The first-order valence-electron chi connectivity index (χ1n) is 8.66. The Morgan fingerprint density at radius 1 is 1.03 bits per heavy atom. The molecule has 0 bridgehead atoms. The third-order valence-electron chi connectivity index (χ3n) is 4.52. The van der Waals surface area contributed by atoms with Gasteiger partial charge in [0.1, 0.15) is 17.0 Å². The van der Waals surface area contributed by atoms with Gasteiger partial charge >= 0.3 is 5.97 Å². The van der Waals surface area contributed by atoms with E-state index in [4.69, 9.17) is 21.1 Å². The largest absolute Gasteiger partial charge is 0.497 e. The van der Waals surface area contributed by atoms with Gasteiger partial charge < -0.3 is 14.0 Å². The van der Waals surface area contributed by atoms with E-state index in [1.54, 1.807) is 66.5 Å². The highest BCUT2D eigenvalue weighted by Crippen LogP contribution is 2.27. The molecule has 2 aliphatic heterocycles. The average molecular weight is 410 g/mol. The van der Waals surface area contributed by atoms with Crippen LogP contribution in [0.3, 0.4) is 0 Å². The number of halogens is 1. The second-order valence-electron chi connectivity index (χ2n) is 6.20. The first kappa shape index (κ1) is 18.8. The molecule has 29 heavy (non-hydrogen) atoms. The number of ether oxygens (including phenoxy) is 2. The number of para-hydroxylation sites is 1. The second kappa shape index (κ2) is 7.44. The van der Waals surface area contributed by atoms with Gasteiger partial charge in [0.25, 0.3) is 5.56 Å². The van der Waals surface area contributed by atoms with Crippen LogP contribution in [0.1, 0.15) is 10.4 Å². The van der Waals surface area contributed by atoms with Crippen LogP contribution in [0.25, 0.3) is 22.6 Å². The van der Waals surface area contributed by atoms with Gasteiger partial charge in [0, 0.05) is 12.4 Å². The molecule has 0 aromatic heterocycles. The zero-order chi connectivity index (χ0) is 20.5. The number of carbonyl (C=O) groups is 1. The summed E-state index contributed by atoms with van der Waals surface area (Å²) in [6.45, 7) is 0. The molecule has 2 aromatic rings. The minimum absolute atomic E-state index is 0.161. The van der Waals surface area contributed by atoms with Gasteiger partial charge in [-0.2, -0.15) is 9.78 Å². The molecule has 2 heterocycles. The van der Waals surface area contributed by atoms with E-state index in [9.17, 15) is 9.59 Å². The van der Waals surface area contributed by atoms with Crippen molar-refractivity contribution in [1.29, 1.82) is 0 Å². The molecule has 0 saturated carbocycles. The molecule has 0 fully saturated rings. The fourth-order valence-electron chi connectivity index (χ4n) is 3.06. The van der Waals surface area contributed by atoms with Crippen molar-refractivity contribution in [3.8, 4) is 28.4 Å². The SMILES string of the molecule is COC(=O)c1cn(-c2ccccc2Cl)cc2c(=O)n(-c3ccc(OC)cc3)nc1-2. The minimum atomic E-state index is -0.601. The van der Waals surface area contributed by atoms with E-state index in [0.29, 0.717) is 22.1 Å². The summed E-state index contributed by atoms with van der Waals surface area (Å²) in [5.41, 5.74) is 1.49. The zero-order valence-corrected chi connectivity index (χ0v) is 16.4. The highest BCUT2D eigenvalue weighted by molar-refractivity contribution is 6.32. The lowest BCUT2D eigenvalue weighted by molar-refractivity contribution is 0.0600. The summed E-state index contributed by atoms with van der Waals surface area (Å²) >= 11 is 6.30. The molecule has 0 aliphatic carbocycles. The van der Waals surface area contributed by atoms with Crippen LogP contribution < -0.4 is 10.3 Å². The smallest absolute Gasteiger partial charge is 0.341 e. The van der Waals surface area contributed by atoms with E-state index in [-0.39, 0.29) is 22.4 Å². The predicted molar refractivity (Wildman–Crippen MR) is 109 cm³/mol. The van der Waals surface area contributed by atoms with Gasteiger partial charge in [-0.3, -0.25) is 4.79 Å². The maximum atomic E-state index is 13.1. The monoisotopic (exact) mass is 409 g/mol. The van der Waals surface area contributed by atoms with E-state index < -0.39 is 5.97 Å². The van der Waals surface area contributed by atoms with Crippen molar-refractivity contribution in [2.24, 2.45) is 0 Å². The van der Waals surface area contributed by atoms with Gasteiger partial charge in [0.05, 0.1) is 36.2 Å². The highest BCUT2D eigenvalue weighted by Gasteiger charge is 2.25. The third-order valence-corrected chi connectivity index (χ3v) is 4.84. The van der Waals surface area contributed by atoms with Gasteiger partial charge in [0.2, 0.25) is 0 Å². The number of carbonyl (C=O) groups excluding carboxylic acids is 1.